The smallest absolute Gasteiger partial charge is 0.340 e. The van der Waals surface area contributed by atoms with Crippen LogP contribution in [0.5, 0.6) is 0 Å². The second-order valence-corrected chi connectivity index (χ2v) is 8.79. The minimum absolute atomic E-state index is 0.152. The maximum Gasteiger partial charge on any atom is 0.340 e. The van der Waals surface area contributed by atoms with Crippen LogP contribution in [-0.4, -0.2) is 62.5 Å². The van der Waals surface area contributed by atoms with Gasteiger partial charge in [0.25, 0.3) is 15.9 Å². The summed E-state index contributed by atoms with van der Waals surface area (Å²) in [6, 6.07) is 6.17. The van der Waals surface area contributed by atoms with Crippen LogP contribution in [0.4, 0.5) is 5.69 Å². The largest absolute Gasteiger partial charge is 0.462 e. The molecule has 0 unspecified atom stereocenters. The van der Waals surface area contributed by atoms with Gasteiger partial charge in [-0.15, -0.1) is 4.40 Å². The van der Waals surface area contributed by atoms with E-state index in [2.05, 4.69) is 9.71 Å². The number of sulfonamides is 1. The Morgan fingerprint density at radius 1 is 1.09 bits per heavy atom. The van der Waals surface area contributed by atoms with Gasteiger partial charge in [-0.25, -0.2) is 18.0 Å². The molecule has 11 heteroatoms. The maximum atomic E-state index is 12.2. The third kappa shape index (κ3) is 6.27. The third-order valence-corrected chi connectivity index (χ3v) is 5.69. The highest BCUT2D eigenvalue weighted by atomic mass is 32.2. The van der Waals surface area contributed by atoms with Gasteiger partial charge in [0.05, 0.1) is 23.5 Å². The Balaban J connectivity index is 1.48. The van der Waals surface area contributed by atoms with Gasteiger partial charge in [-0.2, -0.15) is 0 Å². The van der Waals surface area contributed by atoms with Crippen molar-refractivity contribution in [2.24, 2.45) is 4.40 Å². The predicted octanol–water partition coefficient (Wildman–Crippen LogP) is 1.62. The first-order valence-corrected chi connectivity index (χ1v) is 11.6. The molecule has 32 heavy (non-hydrogen) atoms. The van der Waals surface area contributed by atoms with E-state index in [1.165, 1.54) is 35.4 Å². The predicted molar refractivity (Wildman–Crippen MR) is 116 cm³/mol. The maximum absolute atomic E-state index is 12.2. The summed E-state index contributed by atoms with van der Waals surface area (Å²) in [5.41, 5.74) is 0.972. The first kappa shape index (κ1) is 23.2. The minimum Gasteiger partial charge on any atom is -0.462 e. The lowest BCUT2D eigenvalue weighted by atomic mass is 10.2. The van der Waals surface area contributed by atoms with Gasteiger partial charge < -0.3 is 19.7 Å². The standard InChI is InChI=1S/C21H23N3O7S/c1-2-3-11-30-20(26)15-4-7-17(8-5-15)22-19(25)14-31-21(27)16-6-9-18-23-32(28,29)12-10-24(18)13-16/h4-9,13H,2-3,10-12,14H2,1H3,(H,22,25). The lowest BCUT2D eigenvalue weighted by molar-refractivity contribution is -0.143. The number of amidine groups is 1. The van der Waals surface area contributed by atoms with E-state index in [0.717, 1.165) is 12.8 Å². The number of nitrogens with one attached hydrogen (secondary N) is 1. The van der Waals surface area contributed by atoms with Crippen LogP contribution < -0.4 is 5.32 Å². The molecule has 170 valence electrons. The Bertz CT molecular complexity index is 1090. The summed E-state index contributed by atoms with van der Waals surface area (Å²) in [6.45, 7) is 2.01. The second kappa shape index (κ2) is 10.2. The van der Waals surface area contributed by atoms with Crippen molar-refractivity contribution in [3.8, 4) is 0 Å². The number of amides is 1. The Hall–Kier alpha value is -3.47. The zero-order valence-corrected chi connectivity index (χ0v) is 18.3. The molecule has 3 rings (SSSR count). The molecule has 0 saturated heterocycles. The first-order valence-electron chi connectivity index (χ1n) is 10.0. The number of ether oxygens (including phenoxy) is 2. The van der Waals surface area contributed by atoms with Crippen molar-refractivity contribution in [3.63, 3.8) is 0 Å². The fourth-order valence-electron chi connectivity index (χ4n) is 2.82. The normalized spacial score (nSPS) is 16.3. The molecule has 2 aliphatic rings. The number of benzene rings is 1. The Kier molecular flexibility index (Phi) is 7.41. The van der Waals surface area contributed by atoms with Gasteiger partial charge in [-0.05, 0) is 42.8 Å². The third-order valence-electron chi connectivity index (χ3n) is 4.53. The van der Waals surface area contributed by atoms with Crippen LogP contribution in [0.1, 0.15) is 30.1 Å². The molecule has 0 spiro atoms. The van der Waals surface area contributed by atoms with Gasteiger partial charge in [0.15, 0.2) is 6.61 Å². The van der Waals surface area contributed by atoms with Crippen LogP contribution >= 0.6 is 0 Å². The van der Waals surface area contributed by atoms with Crippen molar-refractivity contribution in [1.29, 1.82) is 0 Å². The molecule has 2 aliphatic heterocycles. The molecule has 0 saturated carbocycles. The molecule has 0 atom stereocenters. The summed E-state index contributed by atoms with van der Waals surface area (Å²) >= 11 is 0. The van der Waals surface area contributed by atoms with E-state index >= 15 is 0 Å². The van der Waals surface area contributed by atoms with Crippen molar-refractivity contribution in [3.05, 3.63) is 53.8 Å². The number of hydrogen-bond acceptors (Lipinski definition) is 8. The Morgan fingerprint density at radius 2 is 1.84 bits per heavy atom. The number of nitrogens with zero attached hydrogens (tertiary/aromatic N) is 2. The van der Waals surface area contributed by atoms with E-state index in [1.54, 1.807) is 12.1 Å². The second-order valence-electron chi connectivity index (χ2n) is 7.04. The van der Waals surface area contributed by atoms with Gasteiger partial charge in [-0.1, -0.05) is 13.3 Å². The summed E-state index contributed by atoms with van der Waals surface area (Å²) in [6.07, 6.45) is 5.94. The van der Waals surface area contributed by atoms with E-state index in [9.17, 15) is 22.8 Å². The summed E-state index contributed by atoms with van der Waals surface area (Å²) in [4.78, 5) is 37.7. The van der Waals surface area contributed by atoms with Crippen LogP contribution in [0.2, 0.25) is 0 Å². The van der Waals surface area contributed by atoms with E-state index in [4.69, 9.17) is 9.47 Å². The summed E-state index contributed by atoms with van der Waals surface area (Å²) in [7, 11) is -3.48. The molecule has 1 aromatic rings. The molecule has 1 N–H and O–H groups in total. The van der Waals surface area contributed by atoms with Crippen molar-refractivity contribution in [2.75, 3.05) is 30.8 Å². The van der Waals surface area contributed by atoms with Crippen molar-refractivity contribution in [2.45, 2.75) is 19.8 Å². The summed E-state index contributed by atoms with van der Waals surface area (Å²) in [5.74, 6) is -1.64. The van der Waals surface area contributed by atoms with Gasteiger partial charge in [-0.3, -0.25) is 4.79 Å². The minimum atomic E-state index is -3.48. The fraction of sp³-hybridized carbons (Fsp3) is 0.333. The molecule has 1 amide bonds. The molecule has 2 heterocycles. The fourth-order valence-corrected chi connectivity index (χ4v) is 3.78. The highest BCUT2D eigenvalue weighted by Crippen LogP contribution is 2.17. The average molecular weight is 461 g/mol. The molecule has 0 fully saturated rings. The Morgan fingerprint density at radius 3 is 2.56 bits per heavy atom. The number of rotatable bonds is 8. The van der Waals surface area contributed by atoms with Gasteiger partial charge in [0, 0.05) is 18.4 Å². The van der Waals surface area contributed by atoms with Crippen molar-refractivity contribution < 1.29 is 32.3 Å². The zero-order chi connectivity index (χ0) is 23.1. The summed E-state index contributed by atoms with van der Waals surface area (Å²) < 4.78 is 36.8. The molecule has 0 aromatic heterocycles. The van der Waals surface area contributed by atoms with E-state index in [1.807, 2.05) is 6.92 Å². The number of carbonyl (C=O) groups is 3. The average Bonchev–Trinajstić information content (AvgIpc) is 2.77. The Labute approximate surface area is 185 Å². The quantitative estimate of drug-likeness (QED) is 0.456. The first-order chi connectivity index (χ1) is 15.3. The number of esters is 2. The van der Waals surface area contributed by atoms with Gasteiger partial charge in [0.2, 0.25) is 0 Å². The molecule has 0 aliphatic carbocycles. The van der Waals surface area contributed by atoms with E-state index < -0.39 is 34.5 Å². The van der Waals surface area contributed by atoms with Crippen LogP contribution in [0, 0.1) is 0 Å². The molecular formula is C21H23N3O7S. The number of unbranched alkanes of at least 4 members (excludes halogenated alkanes) is 1. The zero-order valence-electron chi connectivity index (χ0n) is 17.4. The molecule has 0 bridgehead atoms. The molecule has 10 nitrogen and oxygen atoms in total. The lowest BCUT2D eigenvalue weighted by Crippen LogP contribution is -2.37. The van der Waals surface area contributed by atoms with Gasteiger partial charge in [0.1, 0.15) is 5.84 Å². The van der Waals surface area contributed by atoms with E-state index in [0.29, 0.717) is 17.9 Å². The van der Waals surface area contributed by atoms with Crippen LogP contribution in [0.3, 0.4) is 0 Å². The van der Waals surface area contributed by atoms with Crippen molar-refractivity contribution in [1.82, 2.24) is 4.90 Å². The molecule has 1 aromatic carbocycles. The highest BCUT2D eigenvalue weighted by Gasteiger charge is 2.25. The number of anilines is 1. The SMILES string of the molecule is CCCCOC(=O)c1ccc(NC(=O)COC(=O)C2=CN3CCS(=O)(=O)N=C3C=C2)cc1. The number of carbonyl (C=O) groups excluding carboxylic acids is 3. The van der Waals surface area contributed by atoms with Crippen molar-refractivity contribution >= 4 is 39.4 Å². The monoisotopic (exact) mass is 461 g/mol. The van der Waals surface area contributed by atoms with Crippen LogP contribution in [-0.2, 0) is 29.1 Å². The van der Waals surface area contributed by atoms with E-state index in [-0.39, 0.29) is 23.7 Å². The molecular weight excluding hydrogens is 438 g/mol. The van der Waals surface area contributed by atoms with Crippen LogP contribution in [0.25, 0.3) is 0 Å². The topological polar surface area (TPSA) is 131 Å². The number of fused-ring (bicyclic) bond motifs is 1. The summed E-state index contributed by atoms with van der Waals surface area (Å²) in [5, 5.41) is 2.57. The van der Waals surface area contributed by atoms with Gasteiger partial charge >= 0.3 is 11.9 Å². The number of hydrogen-bond donors (Lipinski definition) is 1. The molecule has 0 radical (unpaired) electrons. The highest BCUT2D eigenvalue weighted by molar-refractivity contribution is 7.90. The lowest BCUT2D eigenvalue weighted by Gasteiger charge is -2.26. The van der Waals surface area contributed by atoms with Crippen LogP contribution in [0.15, 0.2) is 52.6 Å².